The van der Waals surface area contributed by atoms with Crippen molar-refractivity contribution in [1.82, 2.24) is 0 Å². The van der Waals surface area contributed by atoms with E-state index >= 15 is 0 Å². The number of hydrogen-bond donors (Lipinski definition) is 1. The molecule has 0 saturated heterocycles. The van der Waals surface area contributed by atoms with Gasteiger partial charge in [-0.25, -0.2) is 4.79 Å². The maximum atomic E-state index is 12.4. The zero-order valence-electron chi connectivity index (χ0n) is 12.5. The first kappa shape index (κ1) is 17.4. The lowest BCUT2D eigenvalue weighted by Gasteiger charge is -2.27. The van der Waals surface area contributed by atoms with E-state index in [0.29, 0.717) is 16.3 Å². The molecule has 2 N–H and O–H groups in total. The lowest BCUT2D eigenvalue weighted by Crippen LogP contribution is -2.25. The van der Waals surface area contributed by atoms with Crippen LogP contribution in [0.25, 0.3) is 0 Å². The molecule has 0 amide bonds. The minimum Gasteiger partial charge on any atom is -0.463 e. The molecule has 1 aliphatic heterocycles. The number of nitrogens with zero attached hydrogens (tertiary/aromatic N) is 1. The van der Waals surface area contributed by atoms with E-state index in [1.165, 1.54) is 0 Å². The van der Waals surface area contributed by atoms with Crippen molar-refractivity contribution in [3.05, 3.63) is 56.0 Å². The number of allylic oxidation sites excluding steroid dienone is 2. The molecule has 0 aromatic heterocycles. The number of carbonyl (C=O) groups is 1. The third kappa shape index (κ3) is 3.36. The van der Waals surface area contributed by atoms with Crippen LogP contribution in [-0.4, -0.2) is 12.6 Å². The van der Waals surface area contributed by atoms with E-state index in [0.717, 1.165) is 4.47 Å². The van der Waals surface area contributed by atoms with Gasteiger partial charge in [0.15, 0.2) is 0 Å². The fourth-order valence-electron chi connectivity index (χ4n) is 2.40. The molecule has 0 fully saturated rings. The lowest BCUT2D eigenvalue weighted by atomic mass is 9.83. The van der Waals surface area contributed by atoms with Crippen LogP contribution in [0.3, 0.4) is 0 Å². The van der Waals surface area contributed by atoms with Crippen LogP contribution in [0.1, 0.15) is 25.3 Å². The molecule has 23 heavy (non-hydrogen) atoms. The number of esters is 1. The first-order valence-corrected chi connectivity index (χ1v) is 7.98. The van der Waals surface area contributed by atoms with Crippen LogP contribution in [-0.2, 0) is 14.3 Å². The predicted octanol–water partition coefficient (Wildman–Crippen LogP) is 3.75. The SMILES string of the molecule is CCOC(=O)C1=C(C)OC(N)=C(C#N)C1c1cc(Br)ccc1Cl. The highest BCUT2D eigenvalue weighted by atomic mass is 79.9. The molecule has 1 unspecified atom stereocenters. The van der Waals surface area contributed by atoms with E-state index in [9.17, 15) is 10.1 Å². The first-order chi connectivity index (χ1) is 10.9. The molecule has 5 nitrogen and oxygen atoms in total. The second-order valence-electron chi connectivity index (χ2n) is 4.78. The maximum absolute atomic E-state index is 12.4. The van der Waals surface area contributed by atoms with Crippen LogP contribution in [0.5, 0.6) is 0 Å². The first-order valence-electron chi connectivity index (χ1n) is 6.81. The monoisotopic (exact) mass is 396 g/mol. The molecule has 1 heterocycles. The highest BCUT2D eigenvalue weighted by molar-refractivity contribution is 9.10. The van der Waals surface area contributed by atoms with Crippen molar-refractivity contribution >= 4 is 33.5 Å². The van der Waals surface area contributed by atoms with Gasteiger partial charge in [0.1, 0.15) is 17.4 Å². The van der Waals surface area contributed by atoms with Crippen molar-refractivity contribution in [3.63, 3.8) is 0 Å². The van der Waals surface area contributed by atoms with Gasteiger partial charge in [-0.1, -0.05) is 27.5 Å². The molecule has 0 spiro atoms. The van der Waals surface area contributed by atoms with Crippen LogP contribution in [0.4, 0.5) is 0 Å². The average Bonchev–Trinajstić information content (AvgIpc) is 2.49. The molecule has 0 aliphatic carbocycles. The summed E-state index contributed by atoms with van der Waals surface area (Å²) in [4.78, 5) is 12.4. The third-order valence-corrected chi connectivity index (χ3v) is 4.21. The Balaban J connectivity index is 2.69. The summed E-state index contributed by atoms with van der Waals surface area (Å²) in [6.07, 6.45) is 0. The standard InChI is InChI=1S/C16H14BrClN2O3/c1-3-22-16(21)13-8(2)23-15(20)11(7-19)14(13)10-6-9(17)4-5-12(10)18/h4-6,14H,3,20H2,1-2H3. The van der Waals surface area contributed by atoms with Crippen molar-refractivity contribution in [3.8, 4) is 6.07 Å². The topological polar surface area (TPSA) is 85.3 Å². The molecule has 0 saturated carbocycles. The fourth-order valence-corrected chi connectivity index (χ4v) is 3.01. The fraction of sp³-hybridized carbons (Fsp3) is 0.250. The predicted molar refractivity (Wildman–Crippen MR) is 89.1 cm³/mol. The van der Waals surface area contributed by atoms with Gasteiger partial charge >= 0.3 is 5.97 Å². The molecule has 1 atom stereocenters. The average molecular weight is 398 g/mol. The van der Waals surface area contributed by atoms with Crippen LogP contribution >= 0.6 is 27.5 Å². The van der Waals surface area contributed by atoms with Crippen molar-refractivity contribution in [2.24, 2.45) is 5.73 Å². The smallest absolute Gasteiger partial charge is 0.338 e. The van der Waals surface area contributed by atoms with Gasteiger partial charge < -0.3 is 15.2 Å². The Kier molecular flexibility index (Phi) is 5.34. The third-order valence-electron chi connectivity index (χ3n) is 3.37. The summed E-state index contributed by atoms with van der Waals surface area (Å²) in [5.74, 6) is -1.05. The number of nitrogens with two attached hydrogens (primary N) is 1. The summed E-state index contributed by atoms with van der Waals surface area (Å²) in [5, 5.41) is 9.88. The van der Waals surface area contributed by atoms with Crippen molar-refractivity contribution in [1.29, 1.82) is 5.26 Å². The van der Waals surface area contributed by atoms with Gasteiger partial charge in [-0.05, 0) is 37.6 Å². The number of ether oxygens (including phenoxy) is 2. The van der Waals surface area contributed by atoms with Crippen LogP contribution in [0, 0.1) is 11.3 Å². The van der Waals surface area contributed by atoms with Crippen molar-refractivity contribution < 1.29 is 14.3 Å². The van der Waals surface area contributed by atoms with E-state index in [4.69, 9.17) is 26.8 Å². The molecule has 0 radical (unpaired) electrons. The van der Waals surface area contributed by atoms with Gasteiger partial charge in [0.2, 0.25) is 5.88 Å². The van der Waals surface area contributed by atoms with Gasteiger partial charge in [0, 0.05) is 9.50 Å². The van der Waals surface area contributed by atoms with Gasteiger partial charge in [0.05, 0.1) is 18.1 Å². The number of carbonyl (C=O) groups excluding carboxylic acids is 1. The summed E-state index contributed by atoms with van der Waals surface area (Å²) >= 11 is 9.66. The van der Waals surface area contributed by atoms with Crippen LogP contribution < -0.4 is 5.73 Å². The number of hydrogen-bond acceptors (Lipinski definition) is 5. The summed E-state index contributed by atoms with van der Waals surface area (Å²) in [6.45, 7) is 3.51. The van der Waals surface area contributed by atoms with E-state index in [-0.39, 0.29) is 23.6 Å². The maximum Gasteiger partial charge on any atom is 0.338 e. The molecule has 120 valence electrons. The van der Waals surface area contributed by atoms with E-state index in [2.05, 4.69) is 15.9 Å². The Labute approximate surface area is 147 Å². The summed E-state index contributed by atoms with van der Waals surface area (Å²) in [6, 6.07) is 7.20. The second kappa shape index (κ2) is 7.07. The quantitative estimate of drug-likeness (QED) is 0.785. The largest absolute Gasteiger partial charge is 0.463 e. The molecule has 0 bridgehead atoms. The van der Waals surface area contributed by atoms with Gasteiger partial charge in [-0.3, -0.25) is 0 Å². The Bertz CT molecular complexity index is 765. The molecule has 1 aromatic carbocycles. The number of nitriles is 1. The lowest BCUT2D eigenvalue weighted by molar-refractivity contribution is -0.139. The van der Waals surface area contributed by atoms with Crippen LogP contribution in [0.2, 0.25) is 5.02 Å². The normalized spacial score (nSPS) is 17.6. The van der Waals surface area contributed by atoms with Gasteiger partial charge in [-0.15, -0.1) is 0 Å². The zero-order valence-corrected chi connectivity index (χ0v) is 14.9. The highest BCUT2D eigenvalue weighted by Crippen LogP contribution is 2.42. The Morgan fingerprint density at radius 3 is 2.87 bits per heavy atom. The van der Waals surface area contributed by atoms with Gasteiger partial charge in [-0.2, -0.15) is 5.26 Å². The second-order valence-corrected chi connectivity index (χ2v) is 6.10. The van der Waals surface area contributed by atoms with Gasteiger partial charge in [0.25, 0.3) is 0 Å². The minimum atomic E-state index is -0.738. The minimum absolute atomic E-state index is 0.0425. The number of benzene rings is 1. The molecular weight excluding hydrogens is 384 g/mol. The summed E-state index contributed by atoms with van der Waals surface area (Å²) < 4.78 is 11.2. The molecule has 1 aliphatic rings. The summed E-state index contributed by atoms with van der Waals surface area (Å²) in [7, 11) is 0. The van der Waals surface area contributed by atoms with Crippen molar-refractivity contribution in [2.45, 2.75) is 19.8 Å². The molecule has 7 heteroatoms. The zero-order chi connectivity index (χ0) is 17.1. The van der Waals surface area contributed by atoms with E-state index in [1.54, 1.807) is 32.0 Å². The Hall–Kier alpha value is -1.97. The molecular formula is C16H14BrClN2O3. The molecule has 2 rings (SSSR count). The number of rotatable bonds is 3. The number of halogens is 2. The van der Waals surface area contributed by atoms with E-state index in [1.807, 2.05) is 6.07 Å². The van der Waals surface area contributed by atoms with Crippen molar-refractivity contribution in [2.75, 3.05) is 6.61 Å². The Morgan fingerprint density at radius 2 is 2.26 bits per heavy atom. The van der Waals surface area contributed by atoms with Crippen LogP contribution in [0.15, 0.2) is 45.5 Å². The van der Waals surface area contributed by atoms with E-state index < -0.39 is 11.9 Å². The molecule has 1 aromatic rings. The summed E-state index contributed by atoms with van der Waals surface area (Å²) in [5.41, 5.74) is 6.74. The highest BCUT2D eigenvalue weighted by Gasteiger charge is 2.37. The Morgan fingerprint density at radius 1 is 1.57 bits per heavy atom.